The number of hydrogen-bond donors (Lipinski definition) is 1. The van der Waals surface area contributed by atoms with E-state index in [1.54, 1.807) is 21.7 Å². The number of carbonyl (C=O) groups is 1. The molecule has 0 saturated heterocycles. The molecular formula is C18H20N4O2. The van der Waals surface area contributed by atoms with Crippen LogP contribution in [0.3, 0.4) is 0 Å². The standard InChI is InChI=1S/C18H20N4O2/c1-2-22-17-9-8-15(12-16(17)19-20-22)18(24)21(10-11-23)13-14-6-4-3-5-7-14/h3-9,12,23H,2,10-11,13H2,1H3. The van der Waals surface area contributed by atoms with E-state index in [1.165, 1.54) is 0 Å². The number of benzene rings is 2. The Morgan fingerprint density at radius 3 is 2.71 bits per heavy atom. The van der Waals surface area contributed by atoms with Crippen LogP contribution in [0.5, 0.6) is 0 Å². The second kappa shape index (κ2) is 7.23. The fourth-order valence-corrected chi connectivity index (χ4v) is 2.70. The normalized spacial score (nSPS) is 10.9. The lowest BCUT2D eigenvalue weighted by Gasteiger charge is -2.22. The van der Waals surface area contributed by atoms with Gasteiger partial charge in [-0.25, -0.2) is 4.68 Å². The first-order valence-corrected chi connectivity index (χ1v) is 8.00. The largest absolute Gasteiger partial charge is 0.395 e. The maximum absolute atomic E-state index is 12.8. The summed E-state index contributed by atoms with van der Waals surface area (Å²) >= 11 is 0. The number of nitrogens with zero attached hydrogens (tertiary/aromatic N) is 4. The molecule has 0 atom stereocenters. The van der Waals surface area contributed by atoms with Gasteiger partial charge in [-0.1, -0.05) is 35.5 Å². The van der Waals surface area contributed by atoms with Gasteiger partial charge in [0.05, 0.1) is 12.1 Å². The Morgan fingerprint density at radius 2 is 2.00 bits per heavy atom. The van der Waals surface area contributed by atoms with Gasteiger partial charge in [0.15, 0.2) is 0 Å². The summed E-state index contributed by atoms with van der Waals surface area (Å²) in [6.45, 7) is 3.39. The zero-order valence-electron chi connectivity index (χ0n) is 13.6. The van der Waals surface area contributed by atoms with Crippen LogP contribution in [-0.2, 0) is 13.1 Å². The van der Waals surface area contributed by atoms with Gasteiger partial charge in [-0.05, 0) is 30.7 Å². The van der Waals surface area contributed by atoms with Crippen LogP contribution in [0.2, 0.25) is 0 Å². The summed E-state index contributed by atoms with van der Waals surface area (Å²) in [7, 11) is 0. The molecule has 0 aliphatic heterocycles. The van der Waals surface area contributed by atoms with Crippen molar-refractivity contribution in [2.75, 3.05) is 13.2 Å². The van der Waals surface area contributed by atoms with E-state index in [0.717, 1.165) is 17.6 Å². The molecule has 1 amide bonds. The van der Waals surface area contributed by atoms with Gasteiger partial charge in [0, 0.05) is 25.2 Å². The third-order valence-corrected chi connectivity index (χ3v) is 3.93. The Labute approximate surface area is 140 Å². The zero-order chi connectivity index (χ0) is 16.9. The number of amides is 1. The molecule has 0 radical (unpaired) electrons. The summed E-state index contributed by atoms with van der Waals surface area (Å²) in [6.07, 6.45) is 0. The van der Waals surface area contributed by atoms with E-state index in [2.05, 4.69) is 10.3 Å². The molecule has 0 fully saturated rings. The minimum atomic E-state index is -0.124. The Bertz CT molecular complexity index is 829. The molecule has 24 heavy (non-hydrogen) atoms. The molecule has 1 aromatic heterocycles. The second-order valence-electron chi connectivity index (χ2n) is 5.54. The topological polar surface area (TPSA) is 71.2 Å². The lowest BCUT2D eigenvalue weighted by Crippen LogP contribution is -2.33. The second-order valence-corrected chi connectivity index (χ2v) is 5.54. The molecule has 0 bridgehead atoms. The van der Waals surface area contributed by atoms with Gasteiger partial charge in [0.2, 0.25) is 0 Å². The fraction of sp³-hybridized carbons (Fsp3) is 0.278. The maximum atomic E-state index is 12.8. The quantitative estimate of drug-likeness (QED) is 0.753. The smallest absolute Gasteiger partial charge is 0.254 e. The highest BCUT2D eigenvalue weighted by molar-refractivity contribution is 5.97. The number of aliphatic hydroxyl groups is 1. The van der Waals surface area contributed by atoms with E-state index in [4.69, 9.17) is 0 Å². The van der Waals surface area contributed by atoms with Crippen LogP contribution in [-0.4, -0.2) is 44.1 Å². The third-order valence-electron chi connectivity index (χ3n) is 3.93. The average Bonchev–Trinajstić information content (AvgIpc) is 3.04. The molecule has 6 heteroatoms. The van der Waals surface area contributed by atoms with Gasteiger partial charge in [-0.15, -0.1) is 5.10 Å². The highest BCUT2D eigenvalue weighted by Gasteiger charge is 2.17. The zero-order valence-corrected chi connectivity index (χ0v) is 13.6. The Kier molecular flexibility index (Phi) is 4.86. The molecule has 3 aromatic rings. The Balaban J connectivity index is 1.86. The first-order valence-electron chi connectivity index (χ1n) is 8.00. The SMILES string of the molecule is CCn1nnc2cc(C(=O)N(CCO)Cc3ccccc3)ccc21. The molecule has 1 heterocycles. The van der Waals surface area contributed by atoms with Crippen molar-refractivity contribution >= 4 is 16.9 Å². The minimum Gasteiger partial charge on any atom is -0.395 e. The molecule has 1 N–H and O–H groups in total. The van der Waals surface area contributed by atoms with Gasteiger partial charge in [0.1, 0.15) is 5.52 Å². The number of aromatic nitrogens is 3. The van der Waals surface area contributed by atoms with E-state index in [0.29, 0.717) is 17.6 Å². The molecule has 0 unspecified atom stereocenters. The van der Waals surface area contributed by atoms with Gasteiger partial charge >= 0.3 is 0 Å². The summed E-state index contributed by atoms with van der Waals surface area (Å²) in [4.78, 5) is 14.5. The van der Waals surface area contributed by atoms with Crippen molar-refractivity contribution in [1.29, 1.82) is 0 Å². The van der Waals surface area contributed by atoms with Crippen molar-refractivity contribution in [3.8, 4) is 0 Å². The van der Waals surface area contributed by atoms with Crippen molar-refractivity contribution in [3.05, 3.63) is 59.7 Å². The number of aliphatic hydroxyl groups excluding tert-OH is 1. The highest BCUT2D eigenvalue weighted by atomic mass is 16.3. The molecule has 2 aromatic carbocycles. The number of carbonyl (C=O) groups excluding carboxylic acids is 1. The van der Waals surface area contributed by atoms with Gasteiger partial charge in [-0.3, -0.25) is 4.79 Å². The maximum Gasteiger partial charge on any atom is 0.254 e. The van der Waals surface area contributed by atoms with Crippen LogP contribution in [0.15, 0.2) is 48.5 Å². The summed E-state index contributed by atoms with van der Waals surface area (Å²) in [5.74, 6) is -0.124. The summed E-state index contributed by atoms with van der Waals surface area (Å²) < 4.78 is 1.79. The highest BCUT2D eigenvalue weighted by Crippen LogP contribution is 2.16. The monoisotopic (exact) mass is 324 g/mol. The lowest BCUT2D eigenvalue weighted by atomic mass is 10.1. The van der Waals surface area contributed by atoms with Crippen molar-refractivity contribution in [2.24, 2.45) is 0 Å². The van der Waals surface area contributed by atoms with Gasteiger partial charge in [0.25, 0.3) is 5.91 Å². The predicted molar refractivity (Wildman–Crippen MR) is 91.5 cm³/mol. The molecule has 6 nitrogen and oxygen atoms in total. The lowest BCUT2D eigenvalue weighted by molar-refractivity contribution is 0.0708. The van der Waals surface area contributed by atoms with Crippen LogP contribution >= 0.6 is 0 Å². The number of fused-ring (bicyclic) bond motifs is 1. The first kappa shape index (κ1) is 16.1. The molecule has 0 spiro atoms. The van der Waals surface area contributed by atoms with Gasteiger partial charge < -0.3 is 10.0 Å². The van der Waals surface area contributed by atoms with E-state index in [-0.39, 0.29) is 19.1 Å². The van der Waals surface area contributed by atoms with Crippen molar-refractivity contribution < 1.29 is 9.90 Å². The number of aryl methyl sites for hydroxylation is 1. The fourth-order valence-electron chi connectivity index (χ4n) is 2.70. The summed E-state index contributed by atoms with van der Waals surface area (Å²) in [5.41, 5.74) is 3.18. The van der Waals surface area contributed by atoms with Crippen molar-refractivity contribution in [2.45, 2.75) is 20.0 Å². The molecule has 0 saturated carbocycles. The van der Waals surface area contributed by atoms with Crippen molar-refractivity contribution in [1.82, 2.24) is 19.9 Å². The van der Waals surface area contributed by atoms with Crippen LogP contribution in [0.25, 0.3) is 11.0 Å². The van der Waals surface area contributed by atoms with Gasteiger partial charge in [-0.2, -0.15) is 0 Å². The van der Waals surface area contributed by atoms with E-state index >= 15 is 0 Å². The van der Waals surface area contributed by atoms with E-state index in [9.17, 15) is 9.90 Å². The van der Waals surface area contributed by atoms with Crippen LogP contribution in [0, 0.1) is 0 Å². The first-order chi connectivity index (χ1) is 11.7. The van der Waals surface area contributed by atoms with Crippen LogP contribution in [0.1, 0.15) is 22.8 Å². The number of hydrogen-bond acceptors (Lipinski definition) is 4. The minimum absolute atomic E-state index is 0.0766. The summed E-state index contributed by atoms with van der Waals surface area (Å²) in [5, 5.41) is 17.5. The predicted octanol–water partition coefficient (Wildman–Crippen LogP) is 2.09. The molecular weight excluding hydrogens is 304 g/mol. The van der Waals surface area contributed by atoms with Crippen LogP contribution in [0.4, 0.5) is 0 Å². The molecule has 124 valence electrons. The Morgan fingerprint density at radius 1 is 1.21 bits per heavy atom. The van der Waals surface area contributed by atoms with Crippen molar-refractivity contribution in [3.63, 3.8) is 0 Å². The number of rotatable bonds is 6. The Hall–Kier alpha value is -2.73. The molecule has 0 aliphatic rings. The average molecular weight is 324 g/mol. The molecule has 3 rings (SSSR count). The third kappa shape index (κ3) is 3.28. The van der Waals surface area contributed by atoms with E-state index in [1.807, 2.05) is 43.3 Å². The van der Waals surface area contributed by atoms with E-state index < -0.39 is 0 Å². The molecule has 0 aliphatic carbocycles. The summed E-state index contributed by atoms with van der Waals surface area (Å²) in [6, 6.07) is 15.2. The van der Waals surface area contributed by atoms with Crippen LogP contribution < -0.4 is 0 Å².